The molecule has 1 amide bonds. The van der Waals surface area contributed by atoms with Crippen molar-refractivity contribution in [2.45, 2.75) is 26.8 Å². The number of hydrogen-bond acceptors (Lipinski definition) is 2. The predicted molar refractivity (Wildman–Crippen MR) is 76.7 cm³/mol. The molecule has 19 heavy (non-hydrogen) atoms. The maximum atomic E-state index is 12.0. The summed E-state index contributed by atoms with van der Waals surface area (Å²) in [5, 5.41) is 11.8. The average molecular weight is 328 g/mol. The molecule has 0 aliphatic carbocycles. The highest BCUT2D eigenvalue weighted by Crippen LogP contribution is 2.19. The standard InChI is InChI=1S/C14H18BrNO3/c1-8(2)9(3)13(17)16-12(14(18)19)10-4-6-11(15)7-5-10/h4-9,12H,1-3H3,(H,16,17)(H,18,19). The fourth-order valence-electron chi connectivity index (χ4n) is 1.52. The van der Waals surface area contributed by atoms with E-state index in [-0.39, 0.29) is 17.7 Å². The molecule has 4 nitrogen and oxygen atoms in total. The first-order valence-corrected chi connectivity index (χ1v) is 6.91. The lowest BCUT2D eigenvalue weighted by Gasteiger charge is -2.20. The Morgan fingerprint density at radius 2 is 1.68 bits per heavy atom. The van der Waals surface area contributed by atoms with E-state index in [1.165, 1.54) is 0 Å². The molecule has 2 atom stereocenters. The molecule has 0 heterocycles. The summed E-state index contributed by atoms with van der Waals surface area (Å²) in [4.78, 5) is 23.2. The Labute approximate surface area is 121 Å². The Balaban J connectivity index is 2.88. The first-order valence-electron chi connectivity index (χ1n) is 6.11. The van der Waals surface area contributed by atoms with Gasteiger partial charge in [0.25, 0.3) is 0 Å². The van der Waals surface area contributed by atoms with Gasteiger partial charge in [-0.1, -0.05) is 48.8 Å². The van der Waals surface area contributed by atoms with Crippen LogP contribution in [0.4, 0.5) is 0 Å². The molecule has 2 N–H and O–H groups in total. The summed E-state index contributed by atoms with van der Waals surface area (Å²) in [6.45, 7) is 5.65. The molecule has 0 aliphatic heterocycles. The van der Waals surface area contributed by atoms with Crippen molar-refractivity contribution in [2.24, 2.45) is 11.8 Å². The van der Waals surface area contributed by atoms with Gasteiger partial charge in [-0.05, 0) is 23.6 Å². The lowest BCUT2D eigenvalue weighted by atomic mass is 9.96. The summed E-state index contributed by atoms with van der Waals surface area (Å²) in [6.07, 6.45) is 0. The van der Waals surface area contributed by atoms with Gasteiger partial charge in [-0.25, -0.2) is 4.79 Å². The number of carboxylic acid groups (broad SMARTS) is 1. The van der Waals surface area contributed by atoms with Crippen LogP contribution < -0.4 is 5.32 Å². The summed E-state index contributed by atoms with van der Waals surface area (Å²) in [5.74, 6) is -1.37. The number of amides is 1. The van der Waals surface area contributed by atoms with Crippen LogP contribution >= 0.6 is 15.9 Å². The number of carboxylic acids is 1. The van der Waals surface area contributed by atoms with E-state index in [1.807, 2.05) is 13.8 Å². The molecule has 1 aromatic carbocycles. The first-order chi connectivity index (χ1) is 8.82. The van der Waals surface area contributed by atoms with Crippen LogP contribution in [0, 0.1) is 11.8 Å². The van der Waals surface area contributed by atoms with Crippen LogP contribution in [0.25, 0.3) is 0 Å². The topological polar surface area (TPSA) is 66.4 Å². The third-order valence-corrected chi connectivity index (χ3v) is 3.68. The van der Waals surface area contributed by atoms with Gasteiger partial charge in [0.05, 0.1) is 0 Å². The second-order valence-electron chi connectivity index (χ2n) is 4.86. The largest absolute Gasteiger partial charge is 0.479 e. The molecule has 1 rings (SSSR count). The van der Waals surface area contributed by atoms with Crippen molar-refractivity contribution < 1.29 is 14.7 Å². The van der Waals surface area contributed by atoms with Crippen molar-refractivity contribution in [2.75, 3.05) is 0 Å². The normalized spacial score (nSPS) is 13.9. The van der Waals surface area contributed by atoms with Crippen LogP contribution in [0.5, 0.6) is 0 Å². The van der Waals surface area contributed by atoms with E-state index < -0.39 is 12.0 Å². The number of benzene rings is 1. The minimum Gasteiger partial charge on any atom is -0.479 e. The lowest BCUT2D eigenvalue weighted by molar-refractivity contribution is -0.142. The van der Waals surface area contributed by atoms with E-state index in [4.69, 9.17) is 0 Å². The number of carbonyl (C=O) groups is 2. The van der Waals surface area contributed by atoms with Crippen LogP contribution in [-0.4, -0.2) is 17.0 Å². The number of rotatable bonds is 5. The van der Waals surface area contributed by atoms with E-state index >= 15 is 0 Å². The minimum atomic E-state index is -1.06. The maximum Gasteiger partial charge on any atom is 0.330 e. The number of nitrogens with one attached hydrogen (secondary N) is 1. The van der Waals surface area contributed by atoms with Gasteiger partial charge in [0.15, 0.2) is 6.04 Å². The lowest BCUT2D eigenvalue weighted by Crippen LogP contribution is -2.38. The zero-order valence-electron chi connectivity index (χ0n) is 11.2. The van der Waals surface area contributed by atoms with Crippen molar-refractivity contribution >= 4 is 27.8 Å². The maximum absolute atomic E-state index is 12.0. The smallest absolute Gasteiger partial charge is 0.330 e. The molecular formula is C14H18BrNO3. The van der Waals surface area contributed by atoms with Gasteiger partial charge in [0.2, 0.25) is 5.91 Å². The zero-order valence-corrected chi connectivity index (χ0v) is 12.8. The van der Waals surface area contributed by atoms with E-state index in [0.717, 1.165) is 4.47 Å². The van der Waals surface area contributed by atoms with Crippen LogP contribution in [0.2, 0.25) is 0 Å². The molecule has 104 valence electrons. The summed E-state index contributed by atoms with van der Waals surface area (Å²) in [6, 6.07) is 5.86. The molecule has 1 aromatic rings. The van der Waals surface area contributed by atoms with Gasteiger partial charge in [-0.15, -0.1) is 0 Å². The highest BCUT2D eigenvalue weighted by atomic mass is 79.9. The fraction of sp³-hybridized carbons (Fsp3) is 0.429. The molecular weight excluding hydrogens is 310 g/mol. The van der Waals surface area contributed by atoms with E-state index in [1.54, 1.807) is 31.2 Å². The quantitative estimate of drug-likeness (QED) is 0.873. The summed E-state index contributed by atoms with van der Waals surface area (Å²) in [7, 11) is 0. The second-order valence-corrected chi connectivity index (χ2v) is 5.78. The van der Waals surface area contributed by atoms with E-state index in [9.17, 15) is 14.7 Å². The Morgan fingerprint density at radius 3 is 2.11 bits per heavy atom. The Bertz CT molecular complexity index is 456. The van der Waals surface area contributed by atoms with Crippen LogP contribution in [0.15, 0.2) is 28.7 Å². The van der Waals surface area contributed by atoms with Crippen LogP contribution in [-0.2, 0) is 9.59 Å². The highest BCUT2D eigenvalue weighted by molar-refractivity contribution is 9.10. The van der Waals surface area contributed by atoms with Crippen LogP contribution in [0.3, 0.4) is 0 Å². The monoisotopic (exact) mass is 327 g/mol. The molecule has 0 saturated carbocycles. The Hall–Kier alpha value is -1.36. The van der Waals surface area contributed by atoms with Crippen molar-refractivity contribution in [3.63, 3.8) is 0 Å². The molecule has 0 fully saturated rings. The highest BCUT2D eigenvalue weighted by Gasteiger charge is 2.25. The van der Waals surface area contributed by atoms with Crippen molar-refractivity contribution in [3.05, 3.63) is 34.3 Å². The molecule has 2 unspecified atom stereocenters. The van der Waals surface area contributed by atoms with Gasteiger partial charge >= 0.3 is 5.97 Å². The number of hydrogen-bond donors (Lipinski definition) is 2. The number of halogens is 1. The summed E-state index contributed by atoms with van der Waals surface area (Å²) >= 11 is 3.29. The van der Waals surface area contributed by atoms with Crippen molar-refractivity contribution in [3.8, 4) is 0 Å². The number of carbonyl (C=O) groups excluding carboxylic acids is 1. The van der Waals surface area contributed by atoms with E-state index in [2.05, 4.69) is 21.2 Å². The van der Waals surface area contributed by atoms with Gasteiger partial charge in [-0.2, -0.15) is 0 Å². The zero-order chi connectivity index (χ0) is 14.6. The molecule has 0 aliphatic rings. The third-order valence-electron chi connectivity index (χ3n) is 3.15. The third kappa shape index (κ3) is 4.35. The first kappa shape index (κ1) is 15.7. The average Bonchev–Trinajstić information content (AvgIpc) is 2.35. The van der Waals surface area contributed by atoms with E-state index in [0.29, 0.717) is 5.56 Å². The van der Waals surface area contributed by atoms with Crippen LogP contribution in [0.1, 0.15) is 32.4 Å². The SMILES string of the molecule is CC(C)C(C)C(=O)NC(C(=O)O)c1ccc(Br)cc1. The second kappa shape index (κ2) is 6.70. The minimum absolute atomic E-state index is 0.166. The number of aliphatic carboxylic acids is 1. The fourth-order valence-corrected chi connectivity index (χ4v) is 1.78. The summed E-state index contributed by atoms with van der Waals surface area (Å²) in [5.41, 5.74) is 0.556. The van der Waals surface area contributed by atoms with Gasteiger partial charge in [0, 0.05) is 10.4 Å². The molecule has 0 saturated heterocycles. The summed E-state index contributed by atoms with van der Waals surface area (Å²) < 4.78 is 0.863. The molecule has 0 spiro atoms. The Kier molecular flexibility index (Phi) is 5.54. The molecule has 0 radical (unpaired) electrons. The van der Waals surface area contributed by atoms with Crippen molar-refractivity contribution in [1.29, 1.82) is 0 Å². The van der Waals surface area contributed by atoms with Gasteiger partial charge in [-0.3, -0.25) is 4.79 Å². The van der Waals surface area contributed by atoms with Crippen molar-refractivity contribution in [1.82, 2.24) is 5.32 Å². The van der Waals surface area contributed by atoms with Gasteiger partial charge < -0.3 is 10.4 Å². The predicted octanol–water partition coefficient (Wildman–Crippen LogP) is 2.98. The molecule has 0 aromatic heterocycles. The Morgan fingerprint density at radius 1 is 1.16 bits per heavy atom. The molecule has 0 bridgehead atoms. The van der Waals surface area contributed by atoms with Gasteiger partial charge in [0.1, 0.15) is 0 Å². The molecule has 5 heteroatoms.